The van der Waals surface area contributed by atoms with Crippen LogP contribution in [0.1, 0.15) is 12.5 Å². The van der Waals surface area contributed by atoms with Crippen LogP contribution in [0.15, 0.2) is 34.9 Å². The summed E-state index contributed by atoms with van der Waals surface area (Å²) in [7, 11) is 2.98. The van der Waals surface area contributed by atoms with E-state index in [2.05, 4.69) is 30.4 Å². The van der Waals surface area contributed by atoms with E-state index in [9.17, 15) is 0 Å². The van der Waals surface area contributed by atoms with Gasteiger partial charge in [-0.05, 0) is 38.1 Å². The zero-order chi connectivity index (χ0) is 12.0. The average Bonchev–Trinajstić information content (AvgIpc) is 2.79. The van der Waals surface area contributed by atoms with E-state index in [1.165, 1.54) is 10.9 Å². The molecule has 2 rings (SSSR count). The van der Waals surface area contributed by atoms with Crippen LogP contribution < -0.4 is 5.32 Å². The van der Waals surface area contributed by atoms with Crippen molar-refractivity contribution in [1.29, 1.82) is 0 Å². The van der Waals surface area contributed by atoms with Crippen LogP contribution in [0.4, 0.5) is 0 Å². The maximum Gasteiger partial charge on any atom is 0.134 e. The molecule has 16 heavy (non-hydrogen) atoms. The molecular formula is C13H19NO2. The minimum Gasteiger partial charge on any atom is -0.464 e. The molecule has 88 valence electrons. The minimum absolute atomic E-state index is 0.502. The van der Waals surface area contributed by atoms with Crippen LogP contribution >= 0.6 is 0 Å². The van der Waals surface area contributed by atoms with Gasteiger partial charge in [0, 0.05) is 18.5 Å². The summed E-state index contributed by atoms with van der Waals surface area (Å²) in [4.78, 5) is 0. The molecule has 2 aromatic rings. The van der Waals surface area contributed by atoms with Gasteiger partial charge in [-0.1, -0.05) is 12.1 Å². The van der Waals surface area contributed by atoms with Crippen molar-refractivity contribution in [2.45, 2.75) is 19.4 Å². The van der Waals surface area contributed by atoms with Crippen molar-refractivity contribution < 1.29 is 9.52 Å². The lowest BCUT2D eigenvalue weighted by molar-refractivity contribution is 0.399. The smallest absolute Gasteiger partial charge is 0.134 e. The van der Waals surface area contributed by atoms with Gasteiger partial charge in [0.15, 0.2) is 0 Å². The number of benzene rings is 1. The number of nitrogens with one attached hydrogen (secondary N) is 1. The van der Waals surface area contributed by atoms with Gasteiger partial charge in [-0.2, -0.15) is 0 Å². The second kappa shape index (κ2) is 6.30. The SMILES string of the molecule is CNC(C)Cc1ccc2ccoc2c1.CO. The predicted molar refractivity (Wildman–Crippen MR) is 66.6 cm³/mol. The Morgan fingerprint density at radius 2 is 2.06 bits per heavy atom. The van der Waals surface area contributed by atoms with Crippen LogP contribution in [0.3, 0.4) is 0 Å². The molecule has 1 aromatic carbocycles. The highest BCUT2D eigenvalue weighted by molar-refractivity contribution is 5.77. The van der Waals surface area contributed by atoms with Crippen LogP contribution in [-0.2, 0) is 6.42 Å². The molecule has 0 saturated carbocycles. The van der Waals surface area contributed by atoms with Crippen molar-refractivity contribution in [1.82, 2.24) is 5.32 Å². The van der Waals surface area contributed by atoms with Gasteiger partial charge in [-0.3, -0.25) is 0 Å². The van der Waals surface area contributed by atoms with Crippen molar-refractivity contribution in [3.8, 4) is 0 Å². The largest absolute Gasteiger partial charge is 0.464 e. The zero-order valence-electron chi connectivity index (χ0n) is 10.0. The molecule has 0 spiro atoms. The van der Waals surface area contributed by atoms with Gasteiger partial charge in [-0.15, -0.1) is 0 Å². The lowest BCUT2D eigenvalue weighted by Crippen LogP contribution is -2.23. The number of rotatable bonds is 3. The van der Waals surface area contributed by atoms with Gasteiger partial charge in [0.2, 0.25) is 0 Å². The second-order valence-electron chi connectivity index (χ2n) is 3.69. The first-order valence-electron chi connectivity index (χ1n) is 5.37. The highest BCUT2D eigenvalue weighted by Gasteiger charge is 2.02. The maximum absolute atomic E-state index is 7.00. The van der Waals surface area contributed by atoms with E-state index < -0.39 is 0 Å². The number of fused-ring (bicyclic) bond motifs is 1. The van der Waals surface area contributed by atoms with E-state index in [1.807, 2.05) is 13.1 Å². The van der Waals surface area contributed by atoms with Gasteiger partial charge >= 0.3 is 0 Å². The van der Waals surface area contributed by atoms with Gasteiger partial charge in [0.1, 0.15) is 5.58 Å². The number of hydrogen-bond donors (Lipinski definition) is 2. The third kappa shape index (κ3) is 3.08. The summed E-state index contributed by atoms with van der Waals surface area (Å²) in [5, 5.41) is 11.4. The Hall–Kier alpha value is -1.32. The fourth-order valence-electron chi connectivity index (χ4n) is 1.58. The van der Waals surface area contributed by atoms with Gasteiger partial charge < -0.3 is 14.8 Å². The molecule has 1 atom stereocenters. The quantitative estimate of drug-likeness (QED) is 0.835. The fourth-order valence-corrected chi connectivity index (χ4v) is 1.58. The number of likely N-dealkylation sites (N-methyl/N-ethyl adjacent to an activating group) is 1. The average molecular weight is 221 g/mol. The molecule has 0 aliphatic heterocycles. The van der Waals surface area contributed by atoms with Crippen molar-refractivity contribution >= 4 is 11.0 Å². The molecule has 0 saturated heterocycles. The summed E-state index contributed by atoms with van der Waals surface area (Å²) in [6.45, 7) is 2.17. The number of hydrogen-bond acceptors (Lipinski definition) is 3. The van der Waals surface area contributed by atoms with Gasteiger partial charge in [-0.25, -0.2) is 0 Å². The van der Waals surface area contributed by atoms with E-state index in [1.54, 1.807) is 6.26 Å². The van der Waals surface area contributed by atoms with Crippen LogP contribution in [0.25, 0.3) is 11.0 Å². The second-order valence-corrected chi connectivity index (χ2v) is 3.69. The topological polar surface area (TPSA) is 45.4 Å². The van der Waals surface area contributed by atoms with Gasteiger partial charge in [0.25, 0.3) is 0 Å². The molecule has 0 amide bonds. The van der Waals surface area contributed by atoms with Crippen LogP contribution in [0, 0.1) is 0 Å². The molecule has 0 aliphatic rings. The van der Waals surface area contributed by atoms with Crippen molar-refractivity contribution in [3.63, 3.8) is 0 Å². The molecule has 1 heterocycles. The third-order valence-electron chi connectivity index (χ3n) is 2.56. The molecule has 1 aromatic heterocycles. The molecule has 0 bridgehead atoms. The molecule has 3 nitrogen and oxygen atoms in total. The molecule has 2 N–H and O–H groups in total. The van der Waals surface area contributed by atoms with E-state index >= 15 is 0 Å². The molecule has 0 radical (unpaired) electrons. The standard InChI is InChI=1S/C12H15NO.CH4O/c1-9(13-2)7-10-3-4-11-5-6-14-12(11)8-10;1-2/h3-6,8-9,13H,7H2,1-2H3;2H,1H3. The Labute approximate surface area is 96.1 Å². The third-order valence-corrected chi connectivity index (χ3v) is 2.56. The molecule has 0 aliphatic carbocycles. The summed E-state index contributed by atoms with van der Waals surface area (Å²) >= 11 is 0. The Morgan fingerprint density at radius 3 is 2.75 bits per heavy atom. The number of aliphatic hydroxyl groups excluding tert-OH is 1. The maximum atomic E-state index is 7.00. The summed E-state index contributed by atoms with van der Waals surface area (Å²) in [5.74, 6) is 0. The zero-order valence-corrected chi connectivity index (χ0v) is 10.0. The van der Waals surface area contributed by atoms with Crippen molar-refractivity contribution in [2.75, 3.05) is 14.2 Å². The summed E-state index contributed by atoms with van der Waals surface area (Å²) < 4.78 is 5.35. The first-order valence-corrected chi connectivity index (χ1v) is 5.37. The lowest BCUT2D eigenvalue weighted by atomic mass is 10.1. The first kappa shape index (κ1) is 12.7. The summed E-state index contributed by atoms with van der Waals surface area (Å²) in [6, 6.07) is 8.87. The summed E-state index contributed by atoms with van der Waals surface area (Å²) in [5.41, 5.74) is 2.29. The van der Waals surface area contributed by atoms with E-state index in [0.29, 0.717) is 6.04 Å². The van der Waals surface area contributed by atoms with Crippen molar-refractivity contribution in [2.24, 2.45) is 0 Å². The Balaban J connectivity index is 0.000000606. The van der Waals surface area contributed by atoms with Crippen LogP contribution in [-0.4, -0.2) is 25.3 Å². The number of furan rings is 1. The summed E-state index contributed by atoms with van der Waals surface area (Å²) in [6.07, 6.45) is 2.77. The minimum atomic E-state index is 0.502. The highest BCUT2D eigenvalue weighted by atomic mass is 16.3. The fraction of sp³-hybridized carbons (Fsp3) is 0.385. The first-order chi connectivity index (χ1) is 7.79. The lowest BCUT2D eigenvalue weighted by Gasteiger charge is -2.09. The predicted octanol–water partition coefficient (Wildman–Crippen LogP) is 2.19. The van der Waals surface area contributed by atoms with Crippen LogP contribution in [0.2, 0.25) is 0 Å². The van der Waals surface area contributed by atoms with E-state index in [-0.39, 0.29) is 0 Å². The van der Waals surface area contributed by atoms with Crippen molar-refractivity contribution in [3.05, 3.63) is 36.1 Å². The van der Waals surface area contributed by atoms with Crippen LogP contribution in [0.5, 0.6) is 0 Å². The molecule has 1 unspecified atom stereocenters. The van der Waals surface area contributed by atoms with E-state index in [0.717, 1.165) is 19.1 Å². The normalized spacial score (nSPS) is 12.0. The Morgan fingerprint density at radius 1 is 1.31 bits per heavy atom. The Bertz CT molecular complexity index is 423. The van der Waals surface area contributed by atoms with Gasteiger partial charge in [0.05, 0.1) is 6.26 Å². The van der Waals surface area contributed by atoms with E-state index in [4.69, 9.17) is 9.52 Å². The molecule has 0 fully saturated rings. The monoisotopic (exact) mass is 221 g/mol. The highest BCUT2D eigenvalue weighted by Crippen LogP contribution is 2.17. The molecule has 3 heteroatoms. The number of aliphatic hydroxyl groups is 1. The molecular weight excluding hydrogens is 202 g/mol. The Kier molecular flexibility index (Phi) is 5.02.